The number of ether oxygens (including phenoxy) is 1. The molecule has 2 aromatic rings. The Hall–Kier alpha value is -1.40. The Balaban J connectivity index is 2.11. The molecule has 2 nitrogen and oxygen atoms in total. The van der Waals surface area contributed by atoms with Crippen molar-refractivity contribution in [3.8, 4) is 0 Å². The number of rotatable bonds is 4. The zero-order valence-electron chi connectivity index (χ0n) is 11.0. The summed E-state index contributed by atoms with van der Waals surface area (Å²) < 4.78 is 31.7. The Labute approximate surface area is 133 Å². The van der Waals surface area contributed by atoms with E-state index >= 15 is 0 Å². The average molecular weight is 373 g/mol. The highest BCUT2D eigenvalue weighted by Gasteiger charge is 2.10. The molecule has 0 radical (unpaired) electrons. The van der Waals surface area contributed by atoms with Crippen LogP contribution < -0.4 is 0 Å². The number of halogens is 3. The summed E-state index contributed by atoms with van der Waals surface area (Å²) >= 11 is 4.63. The predicted molar refractivity (Wildman–Crippen MR) is 81.4 cm³/mol. The lowest BCUT2D eigenvalue weighted by atomic mass is 10.1. The van der Waals surface area contributed by atoms with Crippen molar-refractivity contribution in [3.63, 3.8) is 0 Å². The minimum atomic E-state index is -0.597. The average Bonchev–Trinajstić information content (AvgIpc) is 2.46. The van der Waals surface area contributed by atoms with Gasteiger partial charge in [0.15, 0.2) is 0 Å². The van der Waals surface area contributed by atoms with E-state index in [1.54, 1.807) is 18.2 Å². The number of esters is 1. The first-order chi connectivity index (χ1) is 10.0. The molecule has 0 bridgehead atoms. The Morgan fingerprint density at radius 1 is 1.24 bits per heavy atom. The van der Waals surface area contributed by atoms with Crippen LogP contribution in [0.25, 0.3) is 0 Å². The van der Waals surface area contributed by atoms with Crippen LogP contribution in [0.3, 0.4) is 0 Å². The lowest BCUT2D eigenvalue weighted by Crippen LogP contribution is -2.01. The molecule has 0 fully saturated rings. The van der Waals surface area contributed by atoms with E-state index in [2.05, 4.69) is 20.7 Å². The molecule has 0 aliphatic heterocycles. The van der Waals surface area contributed by atoms with Crippen LogP contribution in [-0.4, -0.2) is 13.1 Å². The smallest absolute Gasteiger partial charge is 0.337 e. The fourth-order valence-electron chi connectivity index (χ4n) is 1.66. The molecular formula is C15H11BrF2O2S. The summed E-state index contributed by atoms with van der Waals surface area (Å²) in [7, 11) is 1.32. The summed E-state index contributed by atoms with van der Waals surface area (Å²) in [5.74, 6) is -1.10. The fraction of sp³-hybridized carbons (Fsp3) is 0.133. The van der Waals surface area contributed by atoms with E-state index in [0.717, 1.165) is 16.1 Å². The molecule has 0 saturated heterocycles. The number of hydrogen-bond acceptors (Lipinski definition) is 3. The normalized spacial score (nSPS) is 10.5. The third-order valence-electron chi connectivity index (χ3n) is 2.75. The van der Waals surface area contributed by atoms with Crippen LogP contribution in [0.5, 0.6) is 0 Å². The Morgan fingerprint density at radius 3 is 2.62 bits per heavy atom. The third-order valence-corrected chi connectivity index (χ3v) is 4.59. The molecule has 0 aromatic heterocycles. The van der Waals surface area contributed by atoms with Gasteiger partial charge >= 0.3 is 5.97 Å². The second kappa shape index (κ2) is 7.04. The van der Waals surface area contributed by atoms with Gasteiger partial charge in [0.2, 0.25) is 0 Å². The summed E-state index contributed by atoms with van der Waals surface area (Å²) in [5, 5.41) is 0. The van der Waals surface area contributed by atoms with Gasteiger partial charge in [-0.05, 0) is 29.8 Å². The first kappa shape index (κ1) is 16.0. The van der Waals surface area contributed by atoms with Crippen LogP contribution in [0, 0.1) is 11.6 Å². The van der Waals surface area contributed by atoms with E-state index in [4.69, 9.17) is 0 Å². The lowest BCUT2D eigenvalue weighted by molar-refractivity contribution is 0.0600. The molecule has 0 aliphatic rings. The molecule has 0 N–H and O–H groups in total. The Bertz CT molecular complexity index is 677. The van der Waals surface area contributed by atoms with Crippen LogP contribution in [0.15, 0.2) is 45.8 Å². The minimum Gasteiger partial charge on any atom is -0.465 e. The van der Waals surface area contributed by atoms with Crippen LogP contribution >= 0.6 is 27.7 Å². The maximum atomic E-state index is 13.5. The van der Waals surface area contributed by atoms with Gasteiger partial charge in [-0.1, -0.05) is 22.0 Å². The standard InChI is InChI=1S/C15H11BrF2O2S/c1-20-15(19)9-2-3-10(12(16)6-9)8-21-14-5-4-11(17)7-13(14)18/h2-7H,8H2,1H3. The van der Waals surface area contributed by atoms with Crippen molar-refractivity contribution in [3.05, 3.63) is 63.6 Å². The summed E-state index contributed by atoms with van der Waals surface area (Å²) in [5.41, 5.74) is 1.34. The second-order valence-corrected chi connectivity index (χ2v) is 6.03. The van der Waals surface area contributed by atoms with Gasteiger partial charge in [-0.2, -0.15) is 0 Å². The molecule has 110 valence electrons. The molecule has 6 heteroatoms. The number of carbonyl (C=O) groups is 1. The van der Waals surface area contributed by atoms with Crippen molar-refractivity contribution in [1.82, 2.24) is 0 Å². The largest absolute Gasteiger partial charge is 0.465 e. The van der Waals surface area contributed by atoms with Crippen molar-refractivity contribution in [2.45, 2.75) is 10.6 Å². The summed E-state index contributed by atoms with van der Waals surface area (Å²) in [4.78, 5) is 11.8. The molecule has 0 unspecified atom stereocenters. The van der Waals surface area contributed by atoms with Crippen molar-refractivity contribution in [1.29, 1.82) is 0 Å². The van der Waals surface area contributed by atoms with E-state index < -0.39 is 17.6 Å². The first-order valence-corrected chi connectivity index (χ1v) is 7.73. The van der Waals surface area contributed by atoms with E-state index in [9.17, 15) is 13.6 Å². The number of benzene rings is 2. The van der Waals surface area contributed by atoms with Gasteiger partial charge in [0.05, 0.1) is 12.7 Å². The molecule has 0 saturated carbocycles. The number of carbonyl (C=O) groups excluding carboxylic acids is 1. The van der Waals surface area contributed by atoms with Gasteiger partial charge in [-0.15, -0.1) is 11.8 Å². The van der Waals surface area contributed by atoms with Crippen LogP contribution in [0.2, 0.25) is 0 Å². The maximum Gasteiger partial charge on any atom is 0.337 e. The van der Waals surface area contributed by atoms with E-state index in [1.165, 1.54) is 31.0 Å². The summed E-state index contributed by atoms with van der Waals surface area (Å²) in [6, 6.07) is 8.56. The molecule has 2 rings (SSSR count). The first-order valence-electron chi connectivity index (χ1n) is 5.96. The van der Waals surface area contributed by atoms with E-state index in [1.807, 2.05) is 0 Å². The van der Waals surface area contributed by atoms with Crippen LogP contribution in [-0.2, 0) is 10.5 Å². The molecule has 0 heterocycles. The zero-order valence-corrected chi connectivity index (χ0v) is 13.4. The van der Waals surface area contributed by atoms with Gasteiger partial charge in [0.25, 0.3) is 0 Å². The lowest BCUT2D eigenvalue weighted by Gasteiger charge is -2.07. The molecule has 2 aromatic carbocycles. The van der Waals surface area contributed by atoms with Crippen molar-refractivity contribution in [2.75, 3.05) is 7.11 Å². The third kappa shape index (κ3) is 4.04. The minimum absolute atomic E-state index is 0.375. The highest BCUT2D eigenvalue weighted by atomic mass is 79.9. The zero-order chi connectivity index (χ0) is 15.4. The topological polar surface area (TPSA) is 26.3 Å². The van der Waals surface area contributed by atoms with Crippen molar-refractivity contribution >= 4 is 33.7 Å². The highest BCUT2D eigenvalue weighted by Crippen LogP contribution is 2.29. The SMILES string of the molecule is COC(=O)c1ccc(CSc2ccc(F)cc2F)c(Br)c1. The number of methoxy groups -OCH3 is 1. The molecule has 21 heavy (non-hydrogen) atoms. The van der Waals surface area contributed by atoms with Crippen LogP contribution in [0.1, 0.15) is 15.9 Å². The van der Waals surface area contributed by atoms with Crippen molar-refractivity contribution in [2.24, 2.45) is 0 Å². The molecule has 0 spiro atoms. The van der Waals surface area contributed by atoms with E-state index in [-0.39, 0.29) is 0 Å². The predicted octanol–water partition coefficient (Wildman–Crippen LogP) is 4.81. The Morgan fingerprint density at radius 2 is 2.00 bits per heavy atom. The number of thioether (sulfide) groups is 1. The second-order valence-electron chi connectivity index (χ2n) is 4.16. The Kier molecular flexibility index (Phi) is 5.36. The van der Waals surface area contributed by atoms with E-state index in [0.29, 0.717) is 16.2 Å². The molecule has 0 atom stereocenters. The quantitative estimate of drug-likeness (QED) is 0.569. The van der Waals surface area contributed by atoms with Crippen LogP contribution in [0.4, 0.5) is 8.78 Å². The van der Waals surface area contributed by atoms with Gasteiger partial charge in [0.1, 0.15) is 11.6 Å². The monoisotopic (exact) mass is 372 g/mol. The molecular weight excluding hydrogens is 362 g/mol. The maximum absolute atomic E-state index is 13.5. The van der Waals surface area contributed by atoms with Gasteiger partial charge < -0.3 is 4.74 Å². The molecule has 0 aliphatic carbocycles. The fourth-order valence-corrected chi connectivity index (χ4v) is 3.29. The van der Waals surface area contributed by atoms with Gasteiger partial charge in [-0.3, -0.25) is 0 Å². The van der Waals surface area contributed by atoms with Gasteiger partial charge in [0, 0.05) is 21.2 Å². The highest BCUT2D eigenvalue weighted by molar-refractivity contribution is 9.10. The summed E-state index contributed by atoms with van der Waals surface area (Å²) in [6.07, 6.45) is 0. The van der Waals surface area contributed by atoms with Crippen molar-refractivity contribution < 1.29 is 18.3 Å². The number of hydrogen-bond donors (Lipinski definition) is 0. The molecule has 0 amide bonds. The van der Waals surface area contributed by atoms with Gasteiger partial charge in [-0.25, -0.2) is 13.6 Å². The summed E-state index contributed by atoms with van der Waals surface area (Å²) in [6.45, 7) is 0.